The fourth-order valence-electron chi connectivity index (χ4n) is 3.15. The van der Waals surface area contributed by atoms with Crippen molar-refractivity contribution in [3.05, 3.63) is 35.4 Å². The van der Waals surface area contributed by atoms with Crippen molar-refractivity contribution in [1.82, 2.24) is 10.2 Å². The van der Waals surface area contributed by atoms with Crippen LogP contribution in [0.1, 0.15) is 44.6 Å². The number of nitrogens with zero attached hydrogens (tertiary/aromatic N) is 1. The molecule has 0 saturated carbocycles. The summed E-state index contributed by atoms with van der Waals surface area (Å²) in [6, 6.07) is 3.57. The Hall–Kier alpha value is -1.98. The van der Waals surface area contributed by atoms with Gasteiger partial charge in [-0.3, -0.25) is 9.59 Å². The molecule has 0 radical (unpaired) electrons. The van der Waals surface area contributed by atoms with E-state index in [4.69, 9.17) is 0 Å². The maximum absolute atomic E-state index is 13.7. The Morgan fingerprint density at radius 2 is 2.08 bits per heavy atom. The number of carbonyl (C=O) groups excluding carboxylic acids is 2. The van der Waals surface area contributed by atoms with Crippen molar-refractivity contribution in [2.75, 3.05) is 13.1 Å². The molecule has 1 N–H and O–H groups in total. The van der Waals surface area contributed by atoms with Gasteiger partial charge < -0.3 is 10.2 Å². The molecule has 0 aliphatic carbocycles. The van der Waals surface area contributed by atoms with Gasteiger partial charge in [0.2, 0.25) is 11.8 Å². The van der Waals surface area contributed by atoms with Crippen LogP contribution in [0.4, 0.5) is 8.78 Å². The third-order valence-corrected chi connectivity index (χ3v) is 4.42. The van der Waals surface area contributed by atoms with Crippen LogP contribution in [0.5, 0.6) is 0 Å². The summed E-state index contributed by atoms with van der Waals surface area (Å²) < 4.78 is 26.6. The van der Waals surface area contributed by atoms with E-state index in [2.05, 4.69) is 5.32 Å². The van der Waals surface area contributed by atoms with Crippen molar-refractivity contribution >= 4 is 11.8 Å². The summed E-state index contributed by atoms with van der Waals surface area (Å²) in [5.41, 5.74) is 0.358. The first-order valence-electron chi connectivity index (χ1n) is 8.45. The van der Waals surface area contributed by atoms with Gasteiger partial charge in [0.25, 0.3) is 0 Å². The van der Waals surface area contributed by atoms with Gasteiger partial charge in [-0.25, -0.2) is 8.78 Å². The number of hydrogen-bond acceptors (Lipinski definition) is 2. The predicted octanol–water partition coefficient (Wildman–Crippen LogP) is 2.80. The summed E-state index contributed by atoms with van der Waals surface area (Å²) in [6.45, 7) is 2.73. The number of nitrogens with one attached hydrogen (secondary N) is 1. The Morgan fingerprint density at radius 1 is 1.29 bits per heavy atom. The van der Waals surface area contributed by atoms with E-state index in [-0.39, 0.29) is 30.7 Å². The van der Waals surface area contributed by atoms with Crippen molar-refractivity contribution < 1.29 is 18.4 Å². The van der Waals surface area contributed by atoms with Gasteiger partial charge in [0.05, 0.1) is 0 Å². The molecule has 0 bridgehead atoms. The third-order valence-electron chi connectivity index (χ3n) is 4.42. The maximum Gasteiger partial charge on any atom is 0.223 e. The smallest absolute Gasteiger partial charge is 0.223 e. The van der Waals surface area contributed by atoms with E-state index < -0.39 is 11.6 Å². The zero-order chi connectivity index (χ0) is 17.5. The average Bonchev–Trinajstić information content (AvgIpc) is 2.54. The Bertz CT molecular complexity index is 592. The lowest BCUT2D eigenvalue weighted by Gasteiger charge is -2.36. The first-order valence-corrected chi connectivity index (χ1v) is 8.45. The minimum Gasteiger partial charge on any atom is -0.356 e. The number of rotatable bonds is 6. The lowest BCUT2D eigenvalue weighted by Crippen LogP contribution is -2.45. The fraction of sp³-hybridized carbons (Fsp3) is 0.556. The van der Waals surface area contributed by atoms with Crippen molar-refractivity contribution in [3.8, 4) is 0 Å². The molecule has 1 aromatic rings. The summed E-state index contributed by atoms with van der Waals surface area (Å²) in [7, 11) is 0. The number of amides is 2. The minimum absolute atomic E-state index is 0.00810. The number of halogens is 2. The van der Waals surface area contributed by atoms with Crippen LogP contribution in [0.2, 0.25) is 0 Å². The minimum atomic E-state index is -0.614. The second kappa shape index (κ2) is 8.76. The van der Waals surface area contributed by atoms with Gasteiger partial charge in [0, 0.05) is 38.5 Å². The van der Waals surface area contributed by atoms with Gasteiger partial charge in [-0.05, 0) is 43.7 Å². The van der Waals surface area contributed by atoms with Crippen LogP contribution in [0, 0.1) is 11.6 Å². The molecular formula is C18H24F2N2O2. The zero-order valence-electron chi connectivity index (χ0n) is 14.0. The van der Waals surface area contributed by atoms with Crippen LogP contribution in [0.25, 0.3) is 0 Å². The largest absolute Gasteiger partial charge is 0.356 e. The second-order valence-electron chi connectivity index (χ2n) is 6.24. The van der Waals surface area contributed by atoms with Gasteiger partial charge in [0.15, 0.2) is 0 Å². The third kappa shape index (κ3) is 5.28. The summed E-state index contributed by atoms with van der Waals surface area (Å²) in [5, 5.41) is 2.76. The van der Waals surface area contributed by atoms with Crippen molar-refractivity contribution in [3.63, 3.8) is 0 Å². The molecule has 1 heterocycles. The molecule has 6 heteroatoms. The molecule has 1 aromatic carbocycles. The highest BCUT2D eigenvalue weighted by molar-refractivity contribution is 5.77. The normalized spacial score (nSPS) is 17.6. The van der Waals surface area contributed by atoms with Crippen LogP contribution >= 0.6 is 0 Å². The summed E-state index contributed by atoms with van der Waals surface area (Å²) >= 11 is 0. The Labute approximate surface area is 141 Å². The number of carbonyl (C=O) groups is 2. The summed E-state index contributed by atoms with van der Waals surface area (Å²) in [5.74, 6) is -1.30. The molecular weight excluding hydrogens is 314 g/mol. The molecule has 0 spiro atoms. The number of likely N-dealkylation sites (tertiary alicyclic amines) is 1. The van der Waals surface area contributed by atoms with Crippen LogP contribution < -0.4 is 5.32 Å². The lowest BCUT2D eigenvalue weighted by molar-refractivity contribution is -0.134. The molecule has 4 nitrogen and oxygen atoms in total. The highest BCUT2D eigenvalue weighted by atomic mass is 19.1. The molecule has 1 aliphatic heterocycles. The number of hydrogen-bond donors (Lipinski definition) is 1. The lowest BCUT2D eigenvalue weighted by atomic mass is 9.98. The monoisotopic (exact) mass is 338 g/mol. The van der Waals surface area contributed by atoms with Crippen molar-refractivity contribution in [1.29, 1.82) is 0 Å². The quantitative estimate of drug-likeness (QED) is 0.867. The molecule has 0 unspecified atom stereocenters. The Balaban J connectivity index is 1.89. The van der Waals surface area contributed by atoms with Gasteiger partial charge in [-0.1, -0.05) is 6.07 Å². The fourth-order valence-corrected chi connectivity index (χ4v) is 3.15. The summed E-state index contributed by atoms with van der Waals surface area (Å²) in [6.07, 6.45) is 4.17. The molecule has 2 amide bonds. The van der Waals surface area contributed by atoms with Crippen molar-refractivity contribution in [2.45, 2.75) is 51.5 Å². The van der Waals surface area contributed by atoms with E-state index >= 15 is 0 Å². The number of benzene rings is 1. The van der Waals surface area contributed by atoms with E-state index in [0.29, 0.717) is 18.7 Å². The van der Waals surface area contributed by atoms with Crippen LogP contribution in [0.15, 0.2) is 18.2 Å². The van der Waals surface area contributed by atoms with Gasteiger partial charge in [-0.2, -0.15) is 0 Å². The van der Waals surface area contributed by atoms with Crippen LogP contribution in [-0.2, 0) is 16.0 Å². The van der Waals surface area contributed by atoms with Crippen LogP contribution in [-0.4, -0.2) is 35.8 Å². The highest BCUT2D eigenvalue weighted by Gasteiger charge is 2.26. The summed E-state index contributed by atoms with van der Waals surface area (Å²) in [4.78, 5) is 25.3. The average molecular weight is 338 g/mol. The second-order valence-corrected chi connectivity index (χ2v) is 6.24. The van der Waals surface area contributed by atoms with E-state index in [1.165, 1.54) is 19.1 Å². The highest BCUT2D eigenvalue weighted by Crippen LogP contribution is 2.21. The SMILES string of the molecule is CC(=O)NCC[C@@H]1CCCCN1C(=O)CCc1ccc(F)cc1F. The zero-order valence-corrected chi connectivity index (χ0v) is 14.0. The molecule has 1 saturated heterocycles. The van der Waals surface area contributed by atoms with Crippen LogP contribution in [0.3, 0.4) is 0 Å². The van der Waals surface area contributed by atoms with Crippen molar-refractivity contribution in [2.24, 2.45) is 0 Å². The Kier molecular flexibility index (Phi) is 6.70. The molecule has 0 aromatic heterocycles. The van der Waals surface area contributed by atoms with Gasteiger partial charge in [-0.15, -0.1) is 0 Å². The standard InChI is InChI=1S/C18H24F2N2O2/c1-13(23)21-10-9-16-4-2-3-11-22(16)18(24)8-6-14-5-7-15(19)12-17(14)20/h5,7,12,16H,2-4,6,8-11H2,1H3,(H,21,23)/t16-/m0/s1. The molecule has 1 fully saturated rings. The Morgan fingerprint density at radius 3 is 2.79 bits per heavy atom. The molecule has 2 rings (SSSR count). The van der Waals surface area contributed by atoms with E-state index in [1.54, 1.807) is 0 Å². The first-order chi connectivity index (χ1) is 11.5. The molecule has 132 valence electrons. The van der Waals surface area contributed by atoms with E-state index in [9.17, 15) is 18.4 Å². The topological polar surface area (TPSA) is 49.4 Å². The molecule has 1 aliphatic rings. The van der Waals surface area contributed by atoms with E-state index in [1.807, 2.05) is 4.90 Å². The maximum atomic E-state index is 13.7. The first kappa shape index (κ1) is 18.4. The number of aryl methyl sites for hydroxylation is 1. The predicted molar refractivity (Wildman–Crippen MR) is 87.3 cm³/mol. The van der Waals surface area contributed by atoms with Gasteiger partial charge in [0.1, 0.15) is 11.6 Å². The molecule has 1 atom stereocenters. The molecule has 24 heavy (non-hydrogen) atoms. The number of piperidine rings is 1. The van der Waals surface area contributed by atoms with Gasteiger partial charge >= 0.3 is 0 Å². The van der Waals surface area contributed by atoms with E-state index in [0.717, 1.165) is 31.7 Å².